The molecule has 1 aliphatic heterocycles. The Morgan fingerprint density at radius 1 is 1.03 bits per heavy atom. The maximum Gasteiger partial charge on any atom is 0.343 e. The molecule has 3 aromatic carbocycles. The number of thioether (sulfide) groups is 1. The molecule has 6 nitrogen and oxygen atoms in total. The molecule has 3 aromatic rings. The topological polar surface area (TPSA) is 72.9 Å². The number of imide groups is 1. The predicted octanol–water partition coefficient (Wildman–Crippen LogP) is 6.28. The van der Waals surface area contributed by atoms with E-state index in [-0.39, 0.29) is 29.0 Å². The third kappa shape index (κ3) is 6.09. The predicted molar refractivity (Wildman–Crippen MR) is 140 cm³/mol. The molecule has 1 aliphatic rings. The van der Waals surface area contributed by atoms with Gasteiger partial charge >= 0.3 is 5.97 Å². The fourth-order valence-electron chi connectivity index (χ4n) is 3.27. The van der Waals surface area contributed by atoms with Gasteiger partial charge in [-0.05, 0) is 107 Å². The maximum atomic E-state index is 13.1. The number of hydrogen-bond acceptors (Lipinski definition) is 6. The summed E-state index contributed by atoms with van der Waals surface area (Å²) in [4.78, 5) is 39.3. The van der Waals surface area contributed by atoms with Gasteiger partial charge in [-0.3, -0.25) is 14.5 Å². The summed E-state index contributed by atoms with van der Waals surface area (Å²) in [5.41, 5.74) is 1.66. The van der Waals surface area contributed by atoms with Crippen molar-refractivity contribution in [2.45, 2.75) is 13.5 Å². The minimum Gasteiger partial charge on any atom is -0.490 e. The first-order chi connectivity index (χ1) is 16.8. The molecule has 178 valence electrons. The molecule has 0 bridgehead atoms. The van der Waals surface area contributed by atoms with Gasteiger partial charge in [0.25, 0.3) is 11.1 Å². The van der Waals surface area contributed by atoms with E-state index in [2.05, 4.69) is 22.6 Å². The minimum atomic E-state index is -0.657. The largest absolute Gasteiger partial charge is 0.490 e. The van der Waals surface area contributed by atoms with Crippen LogP contribution in [0.1, 0.15) is 28.4 Å². The summed E-state index contributed by atoms with van der Waals surface area (Å²) < 4.78 is 25.2. The van der Waals surface area contributed by atoms with Crippen LogP contribution >= 0.6 is 34.4 Å². The first kappa shape index (κ1) is 24.9. The van der Waals surface area contributed by atoms with E-state index in [9.17, 15) is 18.8 Å². The number of ether oxygens (including phenoxy) is 2. The number of nitrogens with zero attached hydrogens (tertiary/aromatic N) is 1. The van der Waals surface area contributed by atoms with Crippen LogP contribution in [0.3, 0.4) is 0 Å². The quantitative estimate of drug-likeness (QED) is 0.137. The van der Waals surface area contributed by atoms with Crippen molar-refractivity contribution < 1.29 is 28.2 Å². The maximum absolute atomic E-state index is 13.1. The van der Waals surface area contributed by atoms with E-state index in [1.807, 2.05) is 24.3 Å². The van der Waals surface area contributed by atoms with Crippen molar-refractivity contribution >= 4 is 57.5 Å². The fraction of sp³-hybridized carbons (Fsp3) is 0.115. The van der Waals surface area contributed by atoms with E-state index in [0.29, 0.717) is 22.8 Å². The second-order valence-electron chi connectivity index (χ2n) is 7.43. The Morgan fingerprint density at radius 2 is 1.74 bits per heavy atom. The smallest absolute Gasteiger partial charge is 0.343 e. The van der Waals surface area contributed by atoms with Crippen molar-refractivity contribution in [3.63, 3.8) is 0 Å². The zero-order valence-corrected chi connectivity index (χ0v) is 21.5. The van der Waals surface area contributed by atoms with Gasteiger partial charge in [0.1, 0.15) is 5.82 Å². The first-order valence-electron chi connectivity index (χ1n) is 10.6. The molecule has 0 N–H and O–H groups in total. The van der Waals surface area contributed by atoms with E-state index in [1.54, 1.807) is 31.2 Å². The molecular formula is C26H19FINO5S. The van der Waals surface area contributed by atoms with Crippen LogP contribution in [0.25, 0.3) is 6.08 Å². The molecule has 0 saturated carbocycles. The van der Waals surface area contributed by atoms with Gasteiger partial charge in [-0.25, -0.2) is 9.18 Å². The molecule has 0 spiro atoms. The zero-order valence-electron chi connectivity index (χ0n) is 18.5. The van der Waals surface area contributed by atoms with Gasteiger partial charge < -0.3 is 9.47 Å². The van der Waals surface area contributed by atoms with Gasteiger partial charge in [0.05, 0.1) is 23.6 Å². The summed E-state index contributed by atoms with van der Waals surface area (Å²) in [6.07, 6.45) is 1.60. The monoisotopic (exact) mass is 603 g/mol. The summed E-state index contributed by atoms with van der Waals surface area (Å²) in [6, 6.07) is 17.5. The van der Waals surface area contributed by atoms with E-state index in [4.69, 9.17) is 9.47 Å². The second-order valence-corrected chi connectivity index (χ2v) is 9.67. The molecule has 1 heterocycles. The second kappa shape index (κ2) is 11.0. The van der Waals surface area contributed by atoms with E-state index in [0.717, 1.165) is 20.9 Å². The van der Waals surface area contributed by atoms with Gasteiger partial charge in [0, 0.05) is 3.57 Å². The van der Waals surface area contributed by atoms with Gasteiger partial charge in [-0.1, -0.05) is 18.2 Å². The number of carbonyl (C=O) groups excluding carboxylic acids is 3. The lowest BCUT2D eigenvalue weighted by Gasteiger charge is -2.12. The molecule has 0 aromatic heterocycles. The third-order valence-electron chi connectivity index (χ3n) is 4.98. The SMILES string of the molecule is CCOc1cc(/C=C2\SC(=O)N(Cc3ccc(I)cc3)C2=O)ccc1OC(=O)c1ccc(F)cc1. The van der Waals surface area contributed by atoms with E-state index < -0.39 is 11.8 Å². The van der Waals surface area contributed by atoms with Crippen molar-refractivity contribution in [3.05, 3.63) is 97.7 Å². The summed E-state index contributed by atoms with van der Waals surface area (Å²) in [6.45, 7) is 2.30. The van der Waals surface area contributed by atoms with Crippen LogP contribution in [0.4, 0.5) is 9.18 Å². The standard InChI is InChI=1S/C26H19FINO5S/c1-2-33-22-13-17(5-12-21(22)34-25(31)18-6-8-19(27)9-7-18)14-23-24(30)29(26(32)35-23)15-16-3-10-20(28)11-4-16/h3-14H,2,15H2,1H3/b23-14-. The first-order valence-corrected chi connectivity index (χ1v) is 12.5. The number of esters is 1. The number of benzene rings is 3. The Bertz CT molecular complexity index is 1310. The zero-order chi connectivity index (χ0) is 24.9. The Labute approximate surface area is 219 Å². The van der Waals surface area contributed by atoms with Crippen molar-refractivity contribution in [2.75, 3.05) is 6.61 Å². The van der Waals surface area contributed by atoms with Crippen LogP contribution in [0.2, 0.25) is 0 Å². The number of hydrogen-bond donors (Lipinski definition) is 0. The summed E-state index contributed by atoms with van der Waals surface area (Å²) in [5, 5.41) is -0.338. The van der Waals surface area contributed by atoms with E-state index >= 15 is 0 Å². The lowest BCUT2D eigenvalue weighted by molar-refractivity contribution is -0.123. The van der Waals surface area contributed by atoms with Gasteiger partial charge in [0.15, 0.2) is 11.5 Å². The van der Waals surface area contributed by atoms with Crippen molar-refractivity contribution in [3.8, 4) is 11.5 Å². The van der Waals surface area contributed by atoms with E-state index in [1.165, 1.54) is 29.2 Å². The van der Waals surface area contributed by atoms with Gasteiger partial charge in [-0.2, -0.15) is 0 Å². The molecule has 1 fully saturated rings. The Hall–Kier alpha value is -3.18. The fourth-order valence-corrected chi connectivity index (χ4v) is 4.47. The van der Waals surface area contributed by atoms with Crippen molar-refractivity contribution in [2.24, 2.45) is 0 Å². The number of rotatable bonds is 7. The molecule has 0 unspecified atom stereocenters. The molecule has 0 atom stereocenters. The highest BCUT2D eigenvalue weighted by Crippen LogP contribution is 2.35. The van der Waals surface area contributed by atoms with Crippen molar-refractivity contribution in [1.82, 2.24) is 4.90 Å². The molecule has 0 aliphatic carbocycles. The molecule has 2 amide bonds. The Balaban J connectivity index is 1.52. The number of carbonyl (C=O) groups is 3. The lowest BCUT2D eigenvalue weighted by Crippen LogP contribution is -2.27. The summed E-state index contributed by atoms with van der Waals surface area (Å²) >= 11 is 3.07. The Morgan fingerprint density at radius 3 is 2.43 bits per heavy atom. The van der Waals surface area contributed by atoms with Crippen LogP contribution < -0.4 is 9.47 Å². The van der Waals surface area contributed by atoms with Crippen LogP contribution in [-0.2, 0) is 11.3 Å². The molecule has 0 radical (unpaired) electrons. The number of halogens is 2. The van der Waals surface area contributed by atoms with Crippen LogP contribution in [0, 0.1) is 9.39 Å². The van der Waals surface area contributed by atoms with Crippen LogP contribution in [-0.4, -0.2) is 28.6 Å². The van der Waals surface area contributed by atoms with Crippen molar-refractivity contribution in [1.29, 1.82) is 0 Å². The normalized spacial score (nSPS) is 14.5. The molecule has 1 saturated heterocycles. The lowest BCUT2D eigenvalue weighted by atomic mass is 10.1. The molecule has 4 rings (SSSR count). The molecule has 35 heavy (non-hydrogen) atoms. The highest BCUT2D eigenvalue weighted by Gasteiger charge is 2.35. The van der Waals surface area contributed by atoms with Crippen LogP contribution in [0.15, 0.2) is 71.6 Å². The summed E-state index contributed by atoms with van der Waals surface area (Å²) in [5.74, 6) is -0.998. The minimum absolute atomic E-state index is 0.185. The highest BCUT2D eigenvalue weighted by atomic mass is 127. The average molecular weight is 603 g/mol. The molecular weight excluding hydrogens is 584 g/mol. The third-order valence-corrected chi connectivity index (χ3v) is 6.60. The van der Waals surface area contributed by atoms with Gasteiger partial charge in [-0.15, -0.1) is 0 Å². The molecule has 9 heteroatoms. The average Bonchev–Trinajstić information content (AvgIpc) is 3.10. The highest BCUT2D eigenvalue weighted by molar-refractivity contribution is 14.1. The van der Waals surface area contributed by atoms with Crippen LogP contribution in [0.5, 0.6) is 11.5 Å². The van der Waals surface area contributed by atoms with Gasteiger partial charge in [0.2, 0.25) is 0 Å². The summed E-state index contributed by atoms with van der Waals surface area (Å²) in [7, 11) is 0. The Kier molecular flexibility index (Phi) is 7.86. The number of amides is 2.